The standard InChI is InChI=1S/C24H30N6O2.CH4/c1-5-7-19(18-13-25-11-10-16(18)3)28-23-15-26-14-21(29-23)17-8-9-20(22(12-17)32-4)30-24(31)27-6-2;/h8-15,19H,5-7H2,1-4H3,(H,28,29)(H2,27,30,31);1H4. The molecule has 0 aliphatic carbocycles. The summed E-state index contributed by atoms with van der Waals surface area (Å²) >= 11 is 0. The zero-order valence-corrected chi connectivity index (χ0v) is 19.0. The molecule has 176 valence electrons. The summed E-state index contributed by atoms with van der Waals surface area (Å²) < 4.78 is 5.47. The van der Waals surface area contributed by atoms with Crippen molar-refractivity contribution in [2.45, 2.75) is 47.1 Å². The zero-order valence-electron chi connectivity index (χ0n) is 19.0. The van der Waals surface area contributed by atoms with Crippen molar-refractivity contribution in [3.8, 4) is 17.0 Å². The molecule has 0 saturated heterocycles. The maximum Gasteiger partial charge on any atom is 0.319 e. The molecule has 3 N–H and O–H groups in total. The first-order valence-corrected chi connectivity index (χ1v) is 10.8. The van der Waals surface area contributed by atoms with E-state index in [1.807, 2.05) is 31.3 Å². The predicted molar refractivity (Wildman–Crippen MR) is 134 cm³/mol. The van der Waals surface area contributed by atoms with Crippen LogP contribution in [0.3, 0.4) is 0 Å². The Bertz CT molecular complexity index is 1060. The number of nitrogens with one attached hydrogen (secondary N) is 3. The number of pyridine rings is 1. The van der Waals surface area contributed by atoms with Gasteiger partial charge in [0, 0.05) is 24.5 Å². The Hall–Kier alpha value is -3.68. The molecule has 33 heavy (non-hydrogen) atoms. The van der Waals surface area contributed by atoms with E-state index in [9.17, 15) is 4.79 Å². The van der Waals surface area contributed by atoms with Crippen molar-refractivity contribution in [1.82, 2.24) is 20.3 Å². The lowest BCUT2D eigenvalue weighted by atomic mass is 10.00. The maximum absolute atomic E-state index is 11.9. The summed E-state index contributed by atoms with van der Waals surface area (Å²) in [5.74, 6) is 1.23. The highest BCUT2D eigenvalue weighted by atomic mass is 16.5. The van der Waals surface area contributed by atoms with Crippen LogP contribution in [0, 0.1) is 6.92 Å². The van der Waals surface area contributed by atoms with Gasteiger partial charge in [0.15, 0.2) is 0 Å². The van der Waals surface area contributed by atoms with Gasteiger partial charge in [-0.3, -0.25) is 9.97 Å². The van der Waals surface area contributed by atoms with E-state index >= 15 is 0 Å². The molecule has 1 unspecified atom stereocenters. The number of urea groups is 1. The third-order valence-electron chi connectivity index (χ3n) is 5.07. The Labute approximate surface area is 196 Å². The van der Waals surface area contributed by atoms with E-state index < -0.39 is 0 Å². The number of benzene rings is 1. The van der Waals surface area contributed by atoms with E-state index in [-0.39, 0.29) is 19.5 Å². The zero-order chi connectivity index (χ0) is 22.9. The summed E-state index contributed by atoms with van der Waals surface area (Å²) in [6, 6.07) is 7.35. The average Bonchev–Trinajstić information content (AvgIpc) is 2.80. The van der Waals surface area contributed by atoms with Gasteiger partial charge in [0.25, 0.3) is 0 Å². The van der Waals surface area contributed by atoms with Crippen LogP contribution in [0.4, 0.5) is 16.3 Å². The number of hydrogen-bond acceptors (Lipinski definition) is 6. The molecule has 8 nitrogen and oxygen atoms in total. The maximum atomic E-state index is 11.9. The van der Waals surface area contributed by atoms with Gasteiger partial charge in [-0.15, -0.1) is 0 Å². The van der Waals surface area contributed by atoms with Crippen LogP contribution in [0.5, 0.6) is 5.75 Å². The smallest absolute Gasteiger partial charge is 0.319 e. The number of ether oxygens (including phenoxy) is 1. The molecular formula is C25H34N6O2. The van der Waals surface area contributed by atoms with E-state index in [0.29, 0.717) is 29.5 Å². The van der Waals surface area contributed by atoms with Crippen molar-refractivity contribution >= 4 is 17.5 Å². The predicted octanol–water partition coefficient (Wildman–Crippen LogP) is 5.59. The number of carbonyl (C=O) groups excluding carboxylic acids is 1. The number of rotatable bonds is 9. The van der Waals surface area contributed by atoms with Gasteiger partial charge in [0.1, 0.15) is 11.6 Å². The number of amides is 2. The normalized spacial score (nSPS) is 11.2. The van der Waals surface area contributed by atoms with Crippen LogP contribution in [-0.2, 0) is 0 Å². The highest BCUT2D eigenvalue weighted by molar-refractivity contribution is 5.91. The van der Waals surface area contributed by atoms with Crippen molar-refractivity contribution in [3.05, 3.63) is 60.2 Å². The largest absolute Gasteiger partial charge is 0.495 e. The van der Waals surface area contributed by atoms with E-state index in [4.69, 9.17) is 9.72 Å². The second kappa shape index (κ2) is 12.4. The van der Waals surface area contributed by atoms with E-state index in [1.165, 1.54) is 5.56 Å². The SMILES string of the molecule is C.CCCC(Nc1cncc(-c2ccc(NC(=O)NCC)c(OC)c2)n1)c1cnccc1C. The summed E-state index contributed by atoms with van der Waals surface area (Å²) in [6.45, 7) is 6.65. The molecule has 1 aromatic carbocycles. The Morgan fingerprint density at radius 2 is 1.94 bits per heavy atom. The van der Waals surface area contributed by atoms with Gasteiger partial charge >= 0.3 is 6.03 Å². The third-order valence-corrected chi connectivity index (χ3v) is 5.07. The summed E-state index contributed by atoms with van der Waals surface area (Å²) in [5.41, 5.74) is 4.47. The number of hydrogen-bond donors (Lipinski definition) is 3. The minimum absolute atomic E-state index is 0. The molecule has 0 spiro atoms. The number of carbonyl (C=O) groups is 1. The van der Waals surface area contributed by atoms with Crippen molar-refractivity contribution in [3.63, 3.8) is 0 Å². The first-order valence-electron chi connectivity index (χ1n) is 10.8. The van der Waals surface area contributed by atoms with E-state index in [1.54, 1.807) is 31.8 Å². The topological polar surface area (TPSA) is 101 Å². The molecule has 2 aromatic heterocycles. The number of methoxy groups -OCH3 is 1. The van der Waals surface area contributed by atoms with Crippen LogP contribution in [0.25, 0.3) is 11.3 Å². The van der Waals surface area contributed by atoms with E-state index in [2.05, 4.69) is 39.8 Å². The molecule has 0 bridgehead atoms. The minimum Gasteiger partial charge on any atom is -0.495 e. The van der Waals surface area contributed by atoms with Crippen molar-refractivity contribution in [1.29, 1.82) is 0 Å². The molecule has 1 atom stereocenters. The summed E-state index contributed by atoms with van der Waals surface area (Å²) in [6.07, 6.45) is 9.12. The monoisotopic (exact) mass is 450 g/mol. The lowest BCUT2D eigenvalue weighted by Crippen LogP contribution is -2.28. The molecule has 0 aliphatic rings. The summed E-state index contributed by atoms with van der Waals surface area (Å²) in [7, 11) is 1.57. The van der Waals surface area contributed by atoms with Crippen LogP contribution in [0.15, 0.2) is 49.1 Å². The fourth-order valence-corrected chi connectivity index (χ4v) is 3.47. The van der Waals surface area contributed by atoms with Crippen molar-refractivity contribution < 1.29 is 9.53 Å². The van der Waals surface area contributed by atoms with Crippen LogP contribution < -0.4 is 20.7 Å². The number of nitrogens with zero attached hydrogens (tertiary/aromatic N) is 3. The van der Waals surface area contributed by atoms with Crippen LogP contribution in [0.2, 0.25) is 0 Å². The molecular weight excluding hydrogens is 416 g/mol. The Morgan fingerprint density at radius 3 is 2.64 bits per heavy atom. The van der Waals surface area contributed by atoms with Gasteiger partial charge in [-0.2, -0.15) is 0 Å². The minimum atomic E-state index is -0.280. The average molecular weight is 451 g/mol. The highest BCUT2D eigenvalue weighted by Crippen LogP contribution is 2.31. The molecule has 3 rings (SSSR count). The van der Waals surface area contributed by atoms with Gasteiger partial charge in [-0.25, -0.2) is 9.78 Å². The van der Waals surface area contributed by atoms with Gasteiger partial charge in [-0.1, -0.05) is 26.8 Å². The van der Waals surface area contributed by atoms with Crippen LogP contribution in [0.1, 0.15) is 51.3 Å². The first kappa shape index (κ1) is 25.6. The molecule has 0 saturated carbocycles. The lowest BCUT2D eigenvalue weighted by molar-refractivity contribution is 0.252. The summed E-state index contributed by atoms with van der Waals surface area (Å²) in [4.78, 5) is 25.3. The molecule has 0 aliphatic heterocycles. The molecule has 3 aromatic rings. The molecule has 2 heterocycles. The van der Waals surface area contributed by atoms with E-state index in [0.717, 1.165) is 24.0 Å². The fraction of sp³-hybridized carbons (Fsp3) is 0.360. The Balaban J connectivity index is 0.00000385. The quantitative estimate of drug-likeness (QED) is 0.393. The fourth-order valence-electron chi connectivity index (χ4n) is 3.47. The molecule has 8 heteroatoms. The van der Waals surface area contributed by atoms with Gasteiger partial charge in [0.2, 0.25) is 0 Å². The highest BCUT2D eigenvalue weighted by Gasteiger charge is 2.15. The van der Waals surface area contributed by atoms with Gasteiger partial charge < -0.3 is 20.7 Å². The van der Waals surface area contributed by atoms with Crippen molar-refractivity contribution in [2.75, 3.05) is 24.3 Å². The summed E-state index contributed by atoms with van der Waals surface area (Å²) in [5, 5.41) is 9.01. The second-order valence-corrected chi connectivity index (χ2v) is 7.41. The Morgan fingerprint density at radius 1 is 1.12 bits per heavy atom. The van der Waals surface area contributed by atoms with Crippen LogP contribution in [-0.4, -0.2) is 34.6 Å². The molecule has 0 radical (unpaired) electrons. The first-order chi connectivity index (χ1) is 15.5. The van der Waals surface area contributed by atoms with Crippen molar-refractivity contribution in [2.24, 2.45) is 0 Å². The lowest BCUT2D eigenvalue weighted by Gasteiger charge is -2.21. The molecule has 0 fully saturated rings. The Kier molecular flexibility index (Phi) is 9.60. The number of aryl methyl sites for hydroxylation is 1. The van der Waals surface area contributed by atoms with Gasteiger partial charge in [-0.05, 0) is 49.6 Å². The van der Waals surface area contributed by atoms with Gasteiger partial charge in [0.05, 0.1) is 36.9 Å². The number of aromatic nitrogens is 3. The third kappa shape index (κ3) is 6.65. The second-order valence-electron chi connectivity index (χ2n) is 7.41. The molecule has 2 amide bonds. The van der Waals surface area contributed by atoms with Crippen LogP contribution >= 0.6 is 0 Å². The number of anilines is 2.